The van der Waals surface area contributed by atoms with Gasteiger partial charge in [0.1, 0.15) is 6.04 Å². The second-order valence-electron chi connectivity index (χ2n) is 4.77. The zero-order valence-electron chi connectivity index (χ0n) is 10.5. The molecule has 0 aliphatic carbocycles. The van der Waals surface area contributed by atoms with E-state index in [0.717, 1.165) is 18.9 Å². The van der Waals surface area contributed by atoms with Crippen molar-refractivity contribution in [3.05, 3.63) is 29.8 Å². The summed E-state index contributed by atoms with van der Waals surface area (Å²) < 4.78 is 13.0. The highest BCUT2D eigenvalue weighted by Gasteiger charge is 2.37. The van der Waals surface area contributed by atoms with E-state index < -0.39 is 23.9 Å². The van der Waals surface area contributed by atoms with Crippen LogP contribution in [0.25, 0.3) is 0 Å². The van der Waals surface area contributed by atoms with Crippen molar-refractivity contribution in [3.8, 4) is 0 Å². The summed E-state index contributed by atoms with van der Waals surface area (Å²) in [4.78, 5) is 28.3. The summed E-state index contributed by atoms with van der Waals surface area (Å²) in [6.07, 6.45) is 2.72. The largest absolute Gasteiger partial charge is 0.480 e. The first-order chi connectivity index (χ1) is 9.00. The van der Waals surface area contributed by atoms with Crippen molar-refractivity contribution in [3.63, 3.8) is 0 Å². The maximum absolute atomic E-state index is 13.0. The molecule has 0 bridgehead atoms. The SMILES string of the molecule is CC1CCCN(C(=O)c2ccnc(F)c2)C1C(=O)O. The lowest BCUT2D eigenvalue weighted by atomic mass is 9.90. The molecule has 19 heavy (non-hydrogen) atoms. The molecule has 5 nitrogen and oxygen atoms in total. The molecule has 0 radical (unpaired) electrons. The van der Waals surface area contributed by atoms with E-state index in [2.05, 4.69) is 4.98 Å². The number of aliphatic carboxylic acids is 1. The summed E-state index contributed by atoms with van der Waals surface area (Å²) in [5, 5.41) is 9.25. The normalized spacial score (nSPS) is 23.2. The molecule has 1 amide bonds. The molecule has 0 saturated carbocycles. The number of amides is 1. The average molecular weight is 266 g/mol. The van der Waals surface area contributed by atoms with E-state index in [-0.39, 0.29) is 11.5 Å². The van der Waals surface area contributed by atoms with Gasteiger partial charge in [-0.2, -0.15) is 4.39 Å². The van der Waals surface area contributed by atoms with Gasteiger partial charge in [-0.1, -0.05) is 6.92 Å². The zero-order chi connectivity index (χ0) is 14.0. The van der Waals surface area contributed by atoms with Gasteiger partial charge in [0.2, 0.25) is 5.95 Å². The minimum atomic E-state index is -1.02. The molecule has 2 heterocycles. The smallest absolute Gasteiger partial charge is 0.326 e. The number of carbonyl (C=O) groups excluding carboxylic acids is 1. The van der Waals surface area contributed by atoms with Crippen LogP contribution in [0.2, 0.25) is 0 Å². The van der Waals surface area contributed by atoms with E-state index in [1.807, 2.05) is 6.92 Å². The van der Waals surface area contributed by atoms with Crippen LogP contribution in [0.4, 0.5) is 4.39 Å². The van der Waals surface area contributed by atoms with Gasteiger partial charge in [-0.15, -0.1) is 0 Å². The first-order valence-electron chi connectivity index (χ1n) is 6.16. The fourth-order valence-corrected chi connectivity index (χ4v) is 2.49. The van der Waals surface area contributed by atoms with E-state index in [9.17, 15) is 19.1 Å². The number of pyridine rings is 1. The van der Waals surface area contributed by atoms with Crippen LogP contribution in [0.1, 0.15) is 30.1 Å². The summed E-state index contributed by atoms with van der Waals surface area (Å²) in [6, 6.07) is 1.57. The molecule has 1 fully saturated rings. The number of hydrogen-bond acceptors (Lipinski definition) is 3. The first-order valence-corrected chi connectivity index (χ1v) is 6.16. The van der Waals surface area contributed by atoms with Gasteiger partial charge in [0.15, 0.2) is 0 Å². The number of aromatic nitrogens is 1. The fraction of sp³-hybridized carbons (Fsp3) is 0.462. The van der Waals surface area contributed by atoms with E-state index in [1.54, 1.807) is 0 Å². The molecule has 2 unspecified atom stereocenters. The second kappa shape index (κ2) is 5.34. The predicted molar refractivity (Wildman–Crippen MR) is 65.1 cm³/mol. The number of nitrogens with zero attached hydrogens (tertiary/aromatic N) is 2. The zero-order valence-corrected chi connectivity index (χ0v) is 10.5. The highest BCUT2D eigenvalue weighted by Crippen LogP contribution is 2.25. The number of rotatable bonds is 2. The number of piperidine rings is 1. The summed E-state index contributed by atoms with van der Waals surface area (Å²) in [5.41, 5.74) is 0.132. The van der Waals surface area contributed by atoms with Crippen LogP contribution in [0, 0.1) is 11.9 Å². The monoisotopic (exact) mass is 266 g/mol. The van der Waals surface area contributed by atoms with Crippen LogP contribution in [0.3, 0.4) is 0 Å². The molecule has 0 aromatic carbocycles. The molecule has 6 heteroatoms. The van der Waals surface area contributed by atoms with Gasteiger partial charge in [0.25, 0.3) is 5.91 Å². The Hall–Kier alpha value is -1.98. The molecule has 0 spiro atoms. The van der Waals surface area contributed by atoms with Crippen LogP contribution < -0.4 is 0 Å². The Morgan fingerprint density at radius 1 is 1.53 bits per heavy atom. The second-order valence-corrected chi connectivity index (χ2v) is 4.77. The van der Waals surface area contributed by atoms with E-state index in [1.165, 1.54) is 17.2 Å². The van der Waals surface area contributed by atoms with Crippen molar-refractivity contribution in [2.24, 2.45) is 5.92 Å². The van der Waals surface area contributed by atoms with Crippen molar-refractivity contribution in [1.29, 1.82) is 0 Å². The Balaban J connectivity index is 2.28. The van der Waals surface area contributed by atoms with Crippen molar-refractivity contribution >= 4 is 11.9 Å². The minimum Gasteiger partial charge on any atom is -0.480 e. The van der Waals surface area contributed by atoms with Crippen LogP contribution in [0.5, 0.6) is 0 Å². The third-order valence-electron chi connectivity index (χ3n) is 3.42. The number of halogens is 1. The molecule has 1 aromatic rings. The minimum absolute atomic E-state index is 0.109. The van der Waals surface area contributed by atoms with Crippen molar-refractivity contribution < 1.29 is 19.1 Å². The van der Waals surface area contributed by atoms with Gasteiger partial charge in [-0.05, 0) is 24.8 Å². The Labute approximate surface area is 110 Å². The number of likely N-dealkylation sites (tertiary alicyclic amines) is 1. The number of carboxylic acid groups (broad SMARTS) is 1. The molecule has 1 saturated heterocycles. The van der Waals surface area contributed by atoms with E-state index in [4.69, 9.17) is 0 Å². The predicted octanol–water partition coefficient (Wildman–Crippen LogP) is 1.55. The lowest BCUT2D eigenvalue weighted by Gasteiger charge is -2.37. The van der Waals surface area contributed by atoms with E-state index >= 15 is 0 Å². The quantitative estimate of drug-likeness (QED) is 0.824. The van der Waals surface area contributed by atoms with Crippen molar-refractivity contribution in [1.82, 2.24) is 9.88 Å². The van der Waals surface area contributed by atoms with Crippen LogP contribution >= 0.6 is 0 Å². The molecule has 1 aliphatic rings. The Morgan fingerprint density at radius 3 is 2.89 bits per heavy atom. The van der Waals surface area contributed by atoms with Gasteiger partial charge >= 0.3 is 5.97 Å². The molecule has 102 valence electrons. The van der Waals surface area contributed by atoms with Gasteiger partial charge in [0, 0.05) is 24.4 Å². The number of carboxylic acids is 1. The highest BCUT2D eigenvalue weighted by molar-refractivity contribution is 5.96. The Morgan fingerprint density at radius 2 is 2.26 bits per heavy atom. The van der Waals surface area contributed by atoms with Crippen molar-refractivity contribution in [2.75, 3.05) is 6.54 Å². The van der Waals surface area contributed by atoms with Crippen molar-refractivity contribution in [2.45, 2.75) is 25.8 Å². The Bertz CT molecular complexity index is 506. The maximum atomic E-state index is 13.0. The lowest BCUT2D eigenvalue weighted by molar-refractivity contribution is -0.145. The third-order valence-corrected chi connectivity index (χ3v) is 3.42. The maximum Gasteiger partial charge on any atom is 0.326 e. The molecule has 2 rings (SSSR count). The van der Waals surface area contributed by atoms with Gasteiger partial charge in [0.05, 0.1) is 0 Å². The van der Waals surface area contributed by atoms with Crippen LogP contribution in [-0.4, -0.2) is 39.5 Å². The molecular weight excluding hydrogens is 251 g/mol. The molecule has 1 aromatic heterocycles. The average Bonchev–Trinajstić information content (AvgIpc) is 2.37. The van der Waals surface area contributed by atoms with Gasteiger partial charge < -0.3 is 10.0 Å². The van der Waals surface area contributed by atoms with E-state index in [0.29, 0.717) is 6.54 Å². The molecular formula is C13H15FN2O3. The number of carbonyl (C=O) groups is 2. The molecule has 2 atom stereocenters. The third kappa shape index (κ3) is 2.72. The topological polar surface area (TPSA) is 70.5 Å². The standard InChI is InChI=1S/C13H15FN2O3/c1-8-3-2-6-16(11(8)13(18)19)12(17)9-4-5-15-10(14)7-9/h4-5,7-8,11H,2-3,6H2,1H3,(H,18,19). The van der Waals surface area contributed by atoms with Crippen LogP contribution in [-0.2, 0) is 4.79 Å². The van der Waals surface area contributed by atoms with Gasteiger partial charge in [-0.3, -0.25) is 4.79 Å². The summed E-state index contributed by atoms with van der Waals surface area (Å²) in [5.74, 6) is -2.33. The highest BCUT2D eigenvalue weighted by atomic mass is 19.1. The summed E-state index contributed by atoms with van der Waals surface area (Å²) in [6.45, 7) is 2.19. The van der Waals surface area contributed by atoms with Crippen LogP contribution in [0.15, 0.2) is 18.3 Å². The van der Waals surface area contributed by atoms with Gasteiger partial charge in [-0.25, -0.2) is 9.78 Å². The summed E-state index contributed by atoms with van der Waals surface area (Å²) in [7, 11) is 0. The Kier molecular flexibility index (Phi) is 3.78. The summed E-state index contributed by atoms with van der Waals surface area (Å²) >= 11 is 0. The first kappa shape index (κ1) is 13.5. The molecule has 1 aliphatic heterocycles. The number of hydrogen-bond donors (Lipinski definition) is 1. The molecule has 1 N–H and O–H groups in total. The lowest BCUT2D eigenvalue weighted by Crippen LogP contribution is -2.51. The fourth-order valence-electron chi connectivity index (χ4n) is 2.49.